The van der Waals surface area contributed by atoms with E-state index in [0.717, 1.165) is 22.4 Å². The van der Waals surface area contributed by atoms with Gasteiger partial charge in [-0.3, -0.25) is 0 Å². The molecule has 4 heteroatoms. The standard InChI is InChI=1S/2C26H31.C2H6Si.2ClH.Zr/c2*1-3-20-11-13-22(14-12-20)24-10-8-9-23-17-21(18-25(23)24)19-26(4-2)15-6-5-7-16-26;1-3-2;;;/h2*8-14,17-18H,3-7,15-16,19H2,1-2H3;1-2H3;2*1H;/q2*-1;;;;+4/p-2. The van der Waals surface area contributed by atoms with Crippen molar-refractivity contribution >= 4 is 48.1 Å². The average Bonchev–Trinajstić information content (AvgIpc) is 3.88. The Labute approximate surface area is 374 Å². The fraction of sp³-hybridized carbons (Fsp3) is 0.444. The molecule has 0 atom stereocenters. The van der Waals surface area contributed by atoms with Crippen LogP contribution >= 0.6 is 17.0 Å². The van der Waals surface area contributed by atoms with Gasteiger partial charge in [0.25, 0.3) is 0 Å². The maximum atomic E-state index is 4.93. The number of aryl methyl sites for hydroxylation is 2. The summed E-state index contributed by atoms with van der Waals surface area (Å²) in [5.74, 6) is 0. The van der Waals surface area contributed by atoms with Gasteiger partial charge in [0, 0.05) is 9.52 Å². The first-order valence-corrected chi connectivity index (χ1v) is 30.7. The van der Waals surface area contributed by atoms with Crippen LogP contribution in [-0.2, 0) is 46.5 Å². The van der Waals surface area contributed by atoms with Crippen molar-refractivity contribution in [3.63, 3.8) is 0 Å². The number of benzene rings is 4. The van der Waals surface area contributed by atoms with E-state index >= 15 is 0 Å². The van der Waals surface area contributed by atoms with Gasteiger partial charge in [-0.2, -0.15) is 12.1 Å². The quantitative estimate of drug-likeness (QED) is 0.0949. The Kier molecular flexibility index (Phi) is 19.1. The van der Waals surface area contributed by atoms with Crippen molar-refractivity contribution < 1.29 is 20.8 Å². The number of halogens is 2. The van der Waals surface area contributed by atoms with E-state index in [9.17, 15) is 0 Å². The summed E-state index contributed by atoms with van der Waals surface area (Å²) in [7, 11) is 11.0. The monoisotopic (exact) mass is 904 g/mol. The predicted molar refractivity (Wildman–Crippen MR) is 257 cm³/mol. The Morgan fingerprint density at radius 1 is 0.534 bits per heavy atom. The van der Waals surface area contributed by atoms with Gasteiger partial charge in [0.05, 0.1) is 0 Å². The molecule has 2 saturated carbocycles. The van der Waals surface area contributed by atoms with Gasteiger partial charge in [-0.25, -0.2) is 0 Å². The van der Waals surface area contributed by atoms with Crippen LogP contribution in [-0.4, -0.2) is 9.52 Å². The molecule has 2 aliphatic carbocycles. The predicted octanol–water partition coefficient (Wildman–Crippen LogP) is 17.5. The van der Waals surface area contributed by atoms with E-state index in [-0.39, 0.29) is 0 Å². The van der Waals surface area contributed by atoms with Gasteiger partial charge in [0.1, 0.15) is 0 Å². The van der Waals surface area contributed by atoms with Crippen LogP contribution < -0.4 is 0 Å². The Morgan fingerprint density at radius 3 is 1.19 bits per heavy atom. The zero-order valence-electron chi connectivity index (χ0n) is 36.5. The number of hydrogen-bond donors (Lipinski definition) is 0. The van der Waals surface area contributed by atoms with E-state index < -0.39 is 20.8 Å². The zero-order valence-corrected chi connectivity index (χ0v) is 41.4. The van der Waals surface area contributed by atoms with Gasteiger partial charge in [0.2, 0.25) is 0 Å². The second kappa shape index (κ2) is 23.7. The Hall–Kier alpha value is -2.22. The summed E-state index contributed by atoms with van der Waals surface area (Å²) < 4.78 is 0. The van der Waals surface area contributed by atoms with Gasteiger partial charge < -0.3 is 0 Å². The van der Waals surface area contributed by atoms with Crippen molar-refractivity contribution in [3.8, 4) is 22.3 Å². The van der Waals surface area contributed by atoms with Crippen molar-refractivity contribution in [1.29, 1.82) is 0 Å². The number of hydrogen-bond acceptors (Lipinski definition) is 0. The molecule has 0 bridgehead atoms. The molecular weight excluding hydrogens is 839 g/mol. The molecule has 6 aromatic rings. The molecule has 0 nitrogen and oxygen atoms in total. The molecule has 0 spiro atoms. The van der Waals surface area contributed by atoms with Gasteiger partial charge in [-0.05, 0) is 84.5 Å². The van der Waals surface area contributed by atoms with Crippen LogP contribution in [0.2, 0.25) is 13.1 Å². The van der Waals surface area contributed by atoms with Crippen LogP contribution in [0.25, 0.3) is 43.8 Å². The van der Waals surface area contributed by atoms with Gasteiger partial charge >= 0.3 is 37.9 Å². The summed E-state index contributed by atoms with van der Waals surface area (Å²) in [4.78, 5) is 0. The summed E-state index contributed by atoms with van der Waals surface area (Å²) in [6.45, 7) is 13.5. The van der Waals surface area contributed by atoms with Crippen molar-refractivity contribution in [1.82, 2.24) is 0 Å². The van der Waals surface area contributed by atoms with Gasteiger partial charge in [-0.1, -0.05) is 164 Å². The Morgan fingerprint density at radius 2 is 0.879 bits per heavy atom. The molecule has 0 amide bonds. The van der Waals surface area contributed by atoms with Crippen LogP contribution in [0.15, 0.2) is 109 Å². The second-order valence-electron chi connectivity index (χ2n) is 17.2. The Balaban J connectivity index is 0.000000195. The molecule has 0 aromatic heterocycles. The van der Waals surface area contributed by atoms with Crippen LogP contribution in [0.5, 0.6) is 0 Å². The third-order valence-electron chi connectivity index (χ3n) is 13.5. The average molecular weight is 907 g/mol. The van der Waals surface area contributed by atoms with E-state index in [2.05, 4.69) is 150 Å². The van der Waals surface area contributed by atoms with Crippen LogP contribution in [0, 0.1) is 10.8 Å². The molecule has 0 aliphatic heterocycles. The fourth-order valence-electron chi connectivity index (χ4n) is 9.92. The van der Waals surface area contributed by atoms with Gasteiger partial charge in [-0.15, -0.1) is 69.1 Å². The van der Waals surface area contributed by atoms with Crippen LogP contribution in [0.1, 0.15) is 127 Å². The van der Waals surface area contributed by atoms with E-state index in [0.29, 0.717) is 10.8 Å². The molecule has 6 aromatic carbocycles. The second-order valence-corrected chi connectivity index (χ2v) is 21.9. The number of fused-ring (bicyclic) bond motifs is 2. The van der Waals surface area contributed by atoms with Crippen molar-refractivity contribution in [2.45, 2.75) is 144 Å². The first kappa shape index (κ1) is 46.8. The molecule has 0 saturated heterocycles. The van der Waals surface area contributed by atoms with E-state index in [1.165, 1.54) is 145 Å². The van der Waals surface area contributed by atoms with Gasteiger partial charge in [0.15, 0.2) is 0 Å². The van der Waals surface area contributed by atoms with E-state index in [1.54, 1.807) is 11.1 Å². The summed E-state index contributed by atoms with van der Waals surface area (Å²) in [6.07, 6.45) is 21.6. The molecule has 0 heterocycles. The van der Waals surface area contributed by atoms with Crippen molar-refractivity contribution in [2.75, 3.05) is 0 Å². The summed E-state index contributed by atoms with van der Waals surface area (Å²) in [5, 5.41) is 5.65. The zero-order chi connectivity index (χ0) is 41.4. The summed E-state index contributed by atoms with van der Waals surface area (Å²) >= 11 is -0.826. The minimum absolute atomic E-state index is 0.547. The first-order chi connectivity index (χ1) is 28.3. The summed E-state index contributed by atoms with van der Waals surface area (Å²) in [6, 6.07) is 41.6. The minimum atomic E-state index is -0.826. The van der Waals surface area contributed by atoms with E-state index in [1.807, 2.05) is 0 Å². The fourth-order valence-corrected chi connectivity index (χ4v) is 9.92. The van der Waals surface area contributed by atoms with Crippen LogP contribution in [0.4, 0.5) is 0 Å². The maximum absolute atomic E-state index is 4.93. The normalized spacial score (nSPS) is 15.6. The molecule has 2 aliphatic rings. The summed E-state index contributed by atoms with van der Waals surface area (Å²) in [5.41, 5.74) is 12.4. The number of rotatable bonds is 10. The molecule has 0 unspecified atom stereocenters. The molecular formula is C54H68Cl2SiZr. The van der Waals surface area contributed by atoms with Crippen molar-refractivity contribution in [3.05, 3.63) is 131 Å². The van der Waals surface area contributed by atoms with Crippen molar-refractivity contribution in [2.24, 2.45) is 10.8 Å². The van der Waals surface area contributed by atoms with Crippen LogP contribution in [0.3, 0.4) is 0 Å². The third kappa shape index (κ3) is 12.4. The molecule has 0 N–H and O–H groups in total. The molecule has 306 valence electrons. The molecule has 58 heavy (non-hydrogen) atoms. The topological polar surface area (TPSA) is 0 Å². The third-order valence-corrected chi connectivity index (χ3v) is 13.5. The first-order valence-electron chi connectivity index (χ1n) is 22.4. The SMILES string of the molecule is CCc1ccc(-c2cccc3[cH-]c(CC4(CC)CCCCC4)cc23)cc1.CCc1ccc(-c2cccc3[cH-]c(CC4(CC)CCCCC4)cc23)cc1.C[Si]C.[Cl][Zr+2][Cl]. The molecule has 2 radical (unpaired) electrons. The molecule has 2 fully saturated rings. The van der Waals surface area contributed by atoms with E-state index in [4.69, 9.17) is 17.0 Å². The molecule has 8 rings (SSSR count). The Bertz CT molecular complexity index is 1920.